The highest BCUT2D eigenvalue weighted by molar-refractivity contribution is 4.81. The van der Waals surface area contributed by atoms with Crippen LogP contribution >= 0.6 is 0 Å². The standard InChI is InChI=1S/C13H29NO5/c1-2-3-4-5-6-7-14-8-10(16)12(18)13(19)11(17)9-15/h10-19H,2-9H2,1H3. The van der Waals surface area contributed by atoms with Crippen molar-refractivity contribution in [2.45, 2.75) is 63.4 Å². The molecule has 6 nitrogen and oxygen atoms in total. The normalized spacial score (nSPS) is 18.0. The summed E-state index contributed by atoms with van der Waals surface area (Å²) in [7, 11) is 0. The molecule has 0 bridgehead atoms. The summed E-state index contributed by atoms with van der Waals surface area (Å²) in [5, 5.41) is 49.3. The maximum Gasteiger partial charge on any atom is 0.111 e. The van der Waals surface area contributed by atoms with Crippen molar-refractivity contribution in [3.05, 3.63) is 0 Å². The summed E-state index contributed by atoms with van der Waals surface area (Å²) in [6.45, 7) is 2.38. The summed E-state index contributed by atoms with van der Waals surface area (Å²) in [4.78, 5) is 0. The molecule has 0 aliphatic rings. The van der Waals surface area contributed by atoms with E-state index in [0.717, 1.165) is 19.4 Å². The van der Waals surface area contributed by atoms with Gasteiger partial charge in [-0.25, -0.2) is 0 Å². The molecule has 0 heterocycles. The van der Waals surface area contributed by atoms with E-state index >= 15 is 0 Å². The third kappa shape index (κ3) is 8.52. The average Bonchev–Trinajstić information content (AvgIpc) is 2.43. The van der Waals surface area contributed by atoms with Gasteiger partial charge in [-0.1, -0.05) is 32.6 Å². The smallest absolute Gasteiger partial charge is 0.111 e. The topological polar surface area (TPSA) is 113 Å². The van der Waals surface area contributed by atoms with Gasteiger partial charge in [0.25, 0.3) is 0 Å². The molecule has 4 unspecified atom stereocenters. The van der Waals surface area contributed by atoms with Crippen LogP contribution in [0, 0.1) is 0 Å². The van der Waals surface area contributed by atoms with Crippen molar-refractivity contribution in [1.29, 1.82) is 0 Å². The summed E-state index contributed by atoms with van der Waals surface area (Å²) in [5.74, 6) is 0. The number of aliphatic hydroxyl groups is 5. The molecule has 6 N–H and O–H groups in total. The van der Waals surface area contributed by atoms with Gasteiger partial charge in [-0.3, -0.25) is 0 Å². The third-order valence-electron chi connectivity index (χ3n) is 3.14. The Morgan fingerprint density at radius 2 is 1.42 bits per heavy atom. The fourth-order valence-corrected chi connectivity index (χ4v) is 1.79. The summed E-state index contributed by atoms with van der Waals surface area (Å²) in [6.07, 6.45) is 0.114. The SMILES string of the molecule is CCCCCCCNCC(O)C(O)C(O)C(O)CO. The number of rotatable bonds is 12. The second kappa shape index (κ2) is 11.6. The first-order valence-corrected chi connectivity index (χ1v) is 7.08. The largest absolute Gasteiger partial charge is 0.394 e. The number of aliphatic hydroxyl groups excluding tert-OH is 5. The van der Waals surface area contributed by atoms with E-state index in [1.165, 1.54) is 19.3 Å². The second-order valence-electron chi connectivity index (χ2n) is 4.92. The molecule has 0 radical (unpaired) electrons. The molecule has 0 aliphatic heterocycles. The molecule has 0 aliphatic carbocycles. The number of nitrogens with one attached hydrogen (secondary N) is 1. The van der Waals surface area contributed by atoms with E-state index in [4.69, 9.17) is 10.2 Å². The molecule has 4 atom stereocenters. The number of unbranched alkanes of at least 4 members (excludes halogenated alkanes) is 4. The third-order valence-corrected chi connectivity index (χ3v) is 3.14. The molecule has 0 saturated heterocycles. The fraction of sp³-hybridized carbons (Fsp3) is 1.00. The highest BCUT2D eigenvalue weighted by atomic mass is 16.4. The van der Waals surface area contributed by atoms with Crippen LogP contribution in [0.2, 0.25) is 0 Å². The molecule has 6 heteroatoms. The maximum absolute atomic E-state index is 9.61. The van der Waals surface area contributed by atoms with E-state index in [1.807, 2.05) is 0 Å². The van der Waals surface area contributed by atoms with Gasteiger partial charge in [0.1, 0.15) is 18.3 Å². The number of hydrogen-bond donors (Lipinski definition) is 6. The summed E-state index contributed by atoms with van der Waals surface area (Å²) in [6, 6.07) is 0. The number of hydrogen-bond acceptors (Lipinski definition) is 6. The molecule has 0 aromatic carbocycles. The van der Waals surface area contributed by atoms with Gasteiger partial charge in [-0.15, -0.1) is 0 Å². The predicted octanol–water partition coefficient (Wildman–Crippen LogP) is -1.02. The molecule has 0 aromatic heterocycles. The molecule has 116 valence electrons. The molecule has 0 saturated carbocycles. The van der Waals surface area contributed by atoms with E-state index in [9.17, 15) is 15.3 Å². The zero-order valence-electron chi connectivity index (χ0n) is 11.7. The predicted molar refractivity (Wildman–Crippen MR) is 72.7 cm³/mol. The summed E-state index contributed by atoms with van der Waals surface area (Å²) >= 11 is 0. The van der Waals surface area contributed by atoms with Gasteiger partial charge in [0.2, 0.25) is 0 Å². The van der Waals surface area contributed by atoms with Gasteiger partial charge in [0, 0.05) is 6.54 Å². The Morgan fingerprint density at radius 3 is 2.00 bits per heavy atom. The van der Waals surface area contributed by atoms with Crippen LogP contribution in [-0.4, -0.2) is 69.6 Å². The van der Waals surface area contributed by atoms with Crippen molar-refractivity contribution >= 4 is 0 Å². The lowest BCUT2D eigenvalue weighted by atomic mass is 10.0. The fourth-order valence-electron chi connectivity index (χ4n) is 1.79. The van der Waals surface area contributed by atoms with E-state index in [-0.39, 0.29) is 6.54 Å². The van der Waals surface area contributed by atoms with Crippen LogP contribution in [0.25, 0.3) is 0 Å². The van der Waals surface area contributed by atoms with Gasteiger partial charge >= 0.3 is 0 Å². The van der Waals surface area contributed by atoms with Crippen molar-refractivity contribution in [3.63, 3.8) is 0 Å². The first-order valence-electron chi connectivity index (χ1n) is 7.08. The quantitative estimate of drug-likeness (QED) is 0.255. The van der Waals surface area contributed by atoms with Gasteiger partial charge in [-0.05, 0) is 13.0 Å². The monoisotopic (exact) mass is 279 g/mol. The first kappa shape index (κ1) is 18.8. The Labute approximate surface area is 115 Å². The Morgan fingerprint density at radius 1 is 0.842 bits per heavy atom. The Hall–Kier alpha value is -0.240. The molecule has 0 rings (SSSR count). The van der Waals surface area contributed by atoms with E-state index in [0.29, 0.717) is 0 Å². The van der Waals surface area contributed by atoms with Crippen LogP contribution in [0.15, 0.2) is 0 Å². The van der Waals surface area contributed by atoms with Crippen LogP contribution in [0.4, 0.5) is 0 Å². The van der Waals surface area contributed by atoms with Gasteiger partial charge in [0.15, 0.2) is 0 Å². The van der Waals surface area contributed by atoms with Crippen LogP contribution in [0.1, 0.15) is 39.0 Å². The Bertz CT molecular complexity index is 205. The van der Waals surface area contributed by atoms with E-state index in [1.54, 1.807) is 0 Å². The van der Waals surface area contributed by atoms with E-state index < -0.39 is 31.0 Å². The minimum Gasteiger partial charge on any atom is -0.394 e. The van der Waals surface area contributed by atoms with Gasteiger partial charge in [0.05, 0.1) is 12.7 Å². The molecular formula is C13H29NO5. The Balaban J connectivity index is 3.64. The zero-order valence-corrected chi connectivity index (χ0v) is 11.7. The van der Waals surface area contributed by atoms with Crippen molar-refractivity contribution in [3.8, 4) is 0 Å². The highest BCUT2D eigenvalue weighted by Crippen LogP contribution is 2.05. The van der Waals surface area contributed by atoms with Crippen molar-refractivity contribution in [1.82, 2.24) is 5.32 Å². The highest BCUT2D eigenvalue weighted by Gasteiger charge is 2.29. The summed E-state index contributed by atoms with van der Waals surface area (Å²) < 4.78 is 0. The molecule has 0 spiro atoms. The lowest BCUT2D eigenvalue weighted by molar-refractivity contribution is -0.113. The van der Waals surface area contributed by atoms with Crippen LogP contribution in [-0.2, 0) is 0 Å². The molecule has 0 aromatic rings. The maximum atomic E-state index is 9.61. The molecule has 0 fully saturated rings. The van der Waals surface area contributed by atoms with Crippen LogP contribution in [0.3, 0.4) is 0 Å². The molecular weight excluding hydrogens is 250 g/mol. The minimum absolute atomic E-state index is 0.143. The molecule has 0 amide bonds. The van der Waals surface area contributed by atoms with Crippen molar-refractivity contribution < 1.29 is 25.5 Å². The van der Waals surface area contributed by atoms with E-state index in [2.05, 4.69) is 12.2 Å². The minimum atomic E-state index is -1.55. The Kier molecular flexibility index (Phi) is 11.4. The van der Waals surface area contributed by atoms with Crippen LogP contribution in [0.5, 0.6) is 0 Å². The zero-order chi connectivity index (χ0) is 14.7. The second-order valence-corrected chi connectivity index (χ2v) is 4.92. The summed E-state index contributed by atoms with van der Waals surface area (Å²) in [5.41, 5.74) is 0. The lowest BCUT2D eigenvalue weighted by Gasteiger charge is -2.25. The van der Waals surface area contributed by atoms with Crippen molar-refractivity contribution in [2.75, 3.05) is 19.7 Å². The van der Waals surface area contributed by atoms with Gasteiger partial charge < -0.3 is 30.8 Å². The van der Waals surface area contributed by atoms with Crippen LogP contribution < -0.4 is 5.32 Å². The average molecular weight is 279 g/mol. The van der Waals surface area contributed by atoms with Gasteiger partial charge in [-0.2, -0.15) is 0 Å². The van der Waals surface area contributed by atoms with Crippen molar-refractivity contribution in [2.24, 2.45) is 0 Å². The first-order chi connectivity index (χ1) is 9.04. The lowest BCUT2D eigenvalue weighted by Crippen LogP contribution is -2.49. The molecule has 19 heavy (non-hydrogen) atoms.